The molecule has 0 fully saturated rings. The number of hydrogen-bond acceptors (Lipinski definition) is 0. The largest absolute Gasteiger partial charge is 0.140 e. The first-order valence-corrected chi connectivity index (χ1v) is 14.1. The third-order valence-electron chi connectivity index (χ3n) is 8.78. The van der Waals surface area contributed by atoms with E-state index in [-0.39, 0.29) is 0 Å². The van der Waals surface area contributed by atoms with Crippen molar-refractivity contribution in [3.8, 4) is 33.4 Å². The van der Waals surface area contributed by atoms with Crippen molar-refractivity contribution < 1.29 is 0 Å². The van der Waals surface area contributed by atoms with Gasteiger partial charge < -0.3 is 0 Å². The van der Waals surface area contributed by atoms with Crippen LogP contribution in [0, 0.1) is 20.8 Å². The first-order chi connectivity index (χ1) is 19.5. The highest BCUT2D eigenvalue weighted by Crippen LogP contribution is 2.46. The molecule has 0 aliphatic rings. The normalized spacial score (nSPS) is 11.5. The molecular weight excluding hydrogens is 479 g/mol. The van der Waals surface area contributed by atoms with Crippen LogP contribution in [0.1, 0.15) is 16.7 Å². The van der Waals surface area contributed by atoms with Crippen LogP contribution in [-0.2, 0) is 0 Å². The molecule has 0 saturated carbocycles. The van der Waals surface area contributed by atoms with Gasteiger partial charge in [-0.2, -0.15) is 0 Å². The van der Waals surface area contributed by atoms with Gasteiger partial charge in [-0.1, -0.05) is 120 Å². The van der Waals surface area contributed by atoms with E-state index in [0.29, 0.717) is 0 Å². The summed E-state index contributed by atoms with van der Waals surface area (Å²) < 4.78 is 0. The van der Waals surface area contributed by atoms with Gasteiger partial charge in [-0.05, 0) is 110 Å². The molecule has 0 bridgehead atoms. The number of hydrogen-bond donors (Lipinski definition) is 0. The number of benzene rings is 7. The second-order valence-electron chi connectivity index (χ2n) is 11.1. The van der Waals surface area contributed by atoms with Gasteiger partial charge in [0.15, 0.2) is 0 Å². The van der Waals surface area contributed by atoms with Crippen LogP contribution in [0.4, 0.5) is 0 Å². The van der Waals surface area contributed by atoms with Gasteiger partial charge >= 0.3 is 0 Å². The lowest BCUT2D eigenvalue weighted by Gasteiger charge is -2.23. The fraction of sp³-hybridized carbons (Fsp3) is 0.0769. The van der Waals surface area contributed by atoms with Gasteiger partial charge in [0.25, 0.3) is 0 Å². The maximum absolute atomic E-state index is 2.40. The monoisotopic (exact) mass is 510 g/mol. The molecule has 0 unspecified atom stereocenters. The van der Waals surface area contributed by atoms with Crippen molar-refractivity contribution in [2.75, 3.05) is 0 Å². The quantitative estimate of drug-likeness (QED) is 0.164. The fourth-order valence-corrected chi connectivity index (χ4v) is 6.67. The minimum Gasteiger partial charge on any atom is -0.0779 e. The van der Waals surface area contributed by atoms with Gasteiger partial charge in [0.1, 0.15) is 7.85 Å². The van der Waals surface area contributed by atoms with Gasteiger partial charge in [-0.3, -0.25) is 0 Å². The zero-order valence-corrected chi connectivity index (χ0v) is 23.5. The summed E-state index contributed by atoms with van der Waals surface area (Å²) in [6, 6.07) is 44.7. The summed E-state index contributed by atoms with van der Waals surface area (Å²) >= 11 is 0. The van der Waals surface area contributed by atoms with Crippen molar-refractivity contribution in [1.82, 2.24) is 0 Å². The molecule has 0 saturated heterocycles. The van der Waals surface area contributed by atoms with Crippen LogP contribution in [0.15, 0.2) is 121 Å². The lowest BCUT2D eigenvalue weighted by Crippen LogP contribution is -2.15. The van der Waals surface area contributed by atoms with Gasteiger partial charge in [0.05, 0.1) is 0 Å². The van der Waals surface area contributed by atoms with E-state index in [1.807, 2.05) is 0 Å². The number of aryl methyl sites for hydroxylation is 2. The SMILES string of the molecule is Bc1c(C)c(C)cc(C)c1-c1c2ccccc2c(-c2cc(-c3ccccc3)cc3ccccc23)c2ccccc12. The van der Waals surface area contributed by atoms with Crippen molar-refractivity contribution in [3.63, 3.8) is 0 Å². The van der Waals surface area contributed by atoms with E-state index in [1.54, 1.807) is 0 Å². The third kappa shape index (κ3) is 3.77. The summed E-state index contributed by atoms with van der Waals surface area (Å²) in [5, 5.41) is 7.74. The third-order valence-corrected chi connectivity index (χ3v) is 8.78. The average molecular weight is 510 g/mol. The summed E-state index contributed by atoms with van der Waals surface area (Å²) in [4.78, 5) is 0. The van der Waals surface area contributed by atoms with E-state index in [9.17, 15) is 0 Å². The highest BCUT2D eigenvalue weighted by atomic mass is 14.2. The summed E-state index contributed by atoms with van der Waals surface area (Å²) in [5.41, 5.74) is 13.2. The minimum absolute atomic E-state index is 1.24. The van der Waals surface area contributed by atoms with Crippen molar-refractivity contribution >= 4 is 45.6 Å². The maximum atomic E-state index is 2.40. The average Bonchev–Trinajstić information content (AvgIpc) is 2.99. The molecule has 0 heterocycles. The van der Waals surface area contributed by atoms with Crippen LogP contribution < -0.4 is 5.46 Å². The van der Waals surface area contributed by atoms with E-state index >= 15 is 0 Å². The van der Waals surface area contributed by atoms with Crippen LogP contribution in [0.25, 0.3) is 65.7 Å². The van der Waals surface area contributed by atoms with E-state index in [2.05, 4.69) is 150 Å². The Balaban J connectivity index is 1.67. The lowest BCUT2D eigenvalue weighted by molar-refractivity contribution is 1.33. The van der Waals surface area contributed by atoms with Gasteiger partial charge in [-0.15, -0.1) is 0 Å². The maximum Gasteiger partial charge on any atom is 0.140 e. The number of rotatable bonds is 3. The van der Waals surface area contributed by atoms with E-state index in [1.165, 1.54) is 87.9 Å². The Hall–Kier alpha value is -4.62. The lowest BCUT2D eigenvalue weighted by atomic mass is 9.76. The number of fused-ring (bicyclic) bond motifs is 3. The molecule has 0 radical (unpaired) electrons. The van der Waals surface area contributed by atoms with E-state index < -0.39 is 0 Å². The predicted molar refractivity (Wildman–Crippen MR) is 178 cm³/mol. The standard InChI is InChI=1S/C39H31B/c1-24-21-25(2)36(39(40)26(24)3)38-33-19-11-9-17-31(33)37(32-18-10-12-20-34(32)38)35-23-29(27-13-5-4-6-14-27)22-28-15-7-8-16-30(28)35/h4-23H,40H2,1-3H3. The molecule has 190 valence electrons. The van der Waals surface area contributed by atoms with Gasteiger partial charge in [0.2, 0.25) is 0 Å². The second kappa shape index (κ2) is 9.54. The molecular formula is C39H31B. The Morgan fingerprint density at radius 3 is 1.57 bits per heavy atom. The molecule has 0 aliphatic heterocycles. The van der Waals surface area contributed by atoms with Crippen molar-refractivity contribution in [3.05, 3.63) is 138 Å². The Kier molecular flexibility index (Phi) is 5.83. The van der Waals surface area contributed by atoms with Crippen molar-refractivity contribution in [1.29, 1.82) is 0 Å². The first-order valence-electron chi connectivity index (χ1n) is 14.1. The summed E-state index contributed by atoms with van der Waals surface area (Å²) in [5.74, 6) is 0. The van der Waals surface area contributed by atoms with Crippen LogP contribution in [0.5, 0.6) is 0 Å². The molecule has 7 rings (SSSR count). The first kappa shape index (κ1) is 24.4. The molecule has 7 aromatic rings. The van der Waals surface area contributed by atoms with Gasteiger partial charge in [0, 0.05) is 0 Å². The topological polar surface area (TPSA) is 0 Å². The second-order valence-corrected chi connectivity index (χ2v) is 11.1. The fourth-order valence-electron chi connectivity index (χ4n) is 6.67. The van der Waals surface area contributed by atoms with Crippen LogP contribution in [0.3, 0.4) is 0 Å². The molecule has 0 amide bonds. The summed E-state index contributed by atoms with van der Waals surface area (Å²) in [6.45, 7) is 6.75. The van der Waals surface area contributed by atoms with Crippen LogP contribution >= 0.6 is 0 Å². The molecule has 0 atom stereocenters. The summed E-state index contributed by atoms with van der Waals surface area (Å²) in [7, 11) is 2.29. The molecule has 0 N–H and O–H groups in total. The van der Waals surface area contributed by atoms with Gasteiger partial charge in [-0.25, -0.2) is 0 Å². The Morgan fingerprint density at radius 1 is 0.425 bits per heavy atom. The highest BCUT2D eigenvalue weighted by molar-refractivity contribution is 6.39. The van der Waals surface area contributed by atoms with E-state index in [4.69, 9.17) is 0 Å². The molecule has 0 nitrogen and oxygen atoms in total. The molecule has 40 heavy (non-hydrogen) atoms. The van der Waals surface area contributed by atoms with Crippen molar-refractivity contribution in [2.24, 2.45) is 0 Å². The molecule has 0 aliphatic carbocycles. The summed E-state index contributed by atoms with van der Waals surface area (Å²) in [6.07, 6.45) is 0. The van der Waals surface area contributed by atoms with Crippen LogP contribution in [0.2, 0.25) is 0 Å². The molecule has 1 heteroatoms. The smallest absolute Gasteiger partial charge is 0.0779 e. The zero-order valence-electron chi connectivity index (χ0n) is 23.5. The Labute approximate surface area is 237 Å². The molecule has 0 spiro atoms. The molecule has 0 aromatic heterocycles. The van der Waals surface area contributed by atoms with Crippen molar-refractivity contribution in [2.45, 2.75) is 20.8 Å². The predicted octanol–water partition coefficient (Wildman–Crippen LogP) is 9.33. The molecule has 7 aromatic carbocycles. The Bertz CT molecular complexity index is 2030. The zero-order chi connectivity index (χ0) is 27.4. The Morgan fingerprint density at radius 2 is 0.950 bits per heavy atom. The minimum atomic E-state index is 1.24. The van der Waals surface area contributed by atoms with E-state index in [0.717, 1.165) is 0 Å². The van der Waals surface area contributed by atoms with Crippen LogP contribution in [-0.4, -0.2) is 7.85 Å². The highest BCUT2D eigenvalue weighted by Gasteiger charge is 2.21.